The van der Waals surface area contributed by atoms with Crippen molar-refractivity contribution in [1.29, 1.82) is 0 Å². The number of nitrogen functional groups attached to an aromatic ring is 1. The second-order valence-corrected chi connectivity index (χ2v) is 5.81. The molecule has 3 rings (SSSR count). The molecule has 2 aliphatic rings. The summed E-state index contributed by atoms with van der Waals surface area (Å²) in [6.07, 6.45) is 7.51. The van der Waals surface area contributed by atoms with Crippen LogP contribution in [0.25, 0.3) is 0 Å². The molecule has 6 nitrogen and oxygen atoms in total. The summed E-state index contributed by atoms with van der Waals surface area (Å²) < 4.78 is 0. The van der Waals surface area contributed by atoms with E-state index in [1.165, 1.54) is 0 Å². The molecule has 6 heteroatoms. The van der Waals surface area contributed by atoms with Crippen molar-refractivity contribution in [2.75, 3.05) is 36.8 Å². The topological polar surface area (TPSA) is 78.5 Å². The predicted molar refractivity (Wildman–Crippen MR) is 78.5 cm³/mol. The molecule has 1 unspecified atom stereocenters. The van der Waals surface area contributed by atoms with Gasteiger partial charge in [-0.25, -0.2) is 4.98 Å². The lowest BCUT2D eigenvalue weighted by molar-refractivity contribution is 0.0398. The number of piperidine rings is 2. The second-order valence-electron chi connectivity index (χ2n) is 5.81. The van der Waals surface area contributed by atoms with Gasteiger partial charge in [0.2, 0.25) is 0 Å². The Balaban J connectivity index is 1.56. The van der Waals surface area contributed by atoms with Crippen LogP contribution in [-0.2, 0) is 0 Å². The number of anilines is 2. The van der Waals surface area contributed by atoms with Gasteiger partial charge in [-0.1, -0.05) is 0 Å². The van der Waals surface area contributed by atoms with Crippen LogP contribution < -0.4 is 10.6 Å². The lowest BCUT2D eigenvalue weighted by atomic mass is 9.99. The highest BCUT2D eigenvalue weighted by molar-refractivity contribution is 5.41. The molecule has 3 heterocycles. The quantitative estimate of drug-likeness (QED) is 0.819. The molecule has 0 aromatic carbocycles. The Morgan fingerprint density at radius 2 is 1.95 bits per heavy atom. The third-order valence-electron chi connectivity index (χ3n) is 4.37. The number of likely N-dealkylation sites (tertiary alicyclic amines) is 1. The van der Waals surface area contributed by atoms with E-state index in [0.717, 1.165) is 57.7 Å². The Morgan fingerprint density at radius 1 is 1.15 bits per heavy atom. The van der Waals surface area contributed by atoms with Crippen molar-refractivity contribution < 1.29 is 5.11 Å². The van der Waals surface area contributed by atoms with Crippen molar-refractivity contribution in [1.82, 2.24) is 14.9 Å². The lowest BCUT2D eigenvalue weighted by Crippen LogP contribution is -2.49. The van der Waals surface area contributed by atoms with Crippen LogP contribution in [0.3, 0.4) is 0 Å². The van der Waals surface area contributed by atoms with E-state index < -0.39 is 0 Å². The molecule has 0 bridgehead atoms. The maximum absolute atomic E-state index is 9.79. The van der Waals surface area contributed by atoms with Gasteiger partial charge in [0.1, 0.15) is 11.6 Å². The summed E-state index contributed by atoms with van der Waals surface area (Å²) in [4.78, 5) is 13.1. The normalized spacial score (nSPS) is 25.9. The van der Waals surface area contributed by atoms with Gasteiger partial charge in [-0.2, -0.15) is 0 Å². The molecule has 0 saturated carbocycles. The summed E-state index contributed by atoms with van der Waals surface area (Å²) in [5.41, 5.74) is 5.69. The van der Waals surface area contributed by atoms with Gasteiger partial charge < -0.3 is 15.7 Å². The van der Waals surface area contributed by atoms with Gasteiger partial charge in [-0.05, 0) is 32.2 Å². The highest BCUT2D eigenvalue weighted by Crippen LogP contribution is 2.23. The zero-order valence-electron chi connectivity index (χ0n) is 11.8. The minimum absolute atomic E-state index is 0.137. The van der Waals surface area contributed by atoms with Crippen molar-refractivity contribution in [2.24, 2.45) is 0 Å². The fourth-order valence-corrected chi connectivity index (χ4v) is 3.30. The Morgan fingerprint density at radius 3 is 2.65 bits per heavy atom. The molecule has 1 aromatic heterocycles. The number of aliphatic hydroxyl groups is 1. The molecule has 20 heavy (non-hydrogen) atoms. The van der Waals surface area contributed by atoms with E-state index in [1.54, 1.807) is 12.4 Å². The van der Waals surface area contributed by atoms with Gasteiger partial charge in [-0.15, -0.1) is 0 Å². The molecule has 2 saturated heterocycles. The largest absolute Gasteiger partial charge is 0.392 e. The van der Waals surface area contributed by atoms with Crippen LogP contribution in [0.1, 0.15) is 25.7 Å². The molecular formula is C14H23N5O. The van der Waals surface area contributed by atoms with E-state index in [-0.39, 0.29) is 6.10 Å². The van der Waals surface area contributed by atoms with Crippen molar-refractivity contribution in [2.45, 2.75) is 37.8 Å². The number of nitrogens with zero attached hydrogens (tertiary/aromatic N) is 4. The molecular weight excluding hydrogens is 254 g/mol. The van der Waals surface area contributed by atoms with Crippen molar-refractivity contribution >= 4 is 11.6 Å². The molecule has 1 aromatic rings. The molecule has 1 atom stereocenters. The van der Waals surface area contributed by atoms with Crippen molar-refractivity contribution in [3.63, 3.8) is 0 Å². The van der Waals surface area contributed by atoms with Gasteiger partial charge in [-0.3, -0.25) is 9.88 Å². The predicted octanol–water partition coefficient (Wildman–Crippen LogP) is 0.484. The van der Waals surface area contributed by atoms with E-state index in [4.69, 9.17) is 5.73 Å². The van der Waals surface area contributed by atoms with Crippen LogP contribution in [0.5, 0.6) is 0 Å². The van der Waals surface area contributed by atoms with E-state index in [1.807, 2.05) is 0 Å². The molecule has 110 valence electrons. The maximum atomic E-state index is 9.79. The summed E-state index contributed by atoms with van der Waals surface area (Å²) in [6.45, 7) is 3.92. The van der Waals surface area contributed by atoms with Crippen LogP contribution in [0.4, 0.5) is 11.6 Å². The van der Waals surface area contributed by atoms with E-state index in [0.29, 0.717) is 11.9 Å². The summed E-state index contributed by atoms with van der Waals surface area (Å²) in [5.74, 6) is 1.35. The van der Waals surface area contributed by atoms with Crippen LogP contribution in [-0.4, -0.2) is 58.3 Å². The minimum atomic E-state index is -0.137. The van der Waals surface area contributed by atoms with Crippen LogP contribution in [0.2, 0.25) is 0 Å². The molecule has 2 aliphatic heterocycles. The van der Waals surface area contributed by atoms with Gasteiger partial charge in [0.05, 0.1) is 18.5 Å². The first-order valence-electron chi connectivity index (χ1n) is 7.47. The summed E-state index contributed by atoms with van der Waals surface area (Å²) in [7, 11) is 0. The standard InChI is InChI=1S/C14H23N5O/c15-13-8-16-9-14(17-13)18-6-3-11(4-7-18)19-5-1-2-12(20)10-19/h8-9,11-12,20H,1-7,10H2,(H2,15,17). The van der Waals surface area contributed by atoms with Crippen LogP contribution >= 0.6 is 0 Å². The number of β-amino-alcohol motifs (C(OH)–C–C–N with tert-alkyl or cyclic N) is 1. The van der Waals surface area contributed by atoms with Gasteiger partial charge in [0.15, 0.2) is 0 Å². The highest BCUT2D eigenvalue weighted by atomic mass is 16.3. The lowest BCUT2D eigenvalue weighted by Gasteiger charge is -2.41. The van der Waals surface area contributed by atoms with Crippen molar-refractivity contribution in [3.8, 4) is 0 Å². The SMILES string of the molecule is Nc1cncc(N2CCC(N3CCCC(O)C3)CC2)n1. The average molecular weight is 277 g/mol. The Labute approximate surface area is 119 Å². The van der Waals surface area contributed by atoms with Gasteiger partial charge in [0.25, 0.3) is 0 Å². The third-order valence-corrected chi connectivity index (χ3v) is 4.37. The summed E-state index contributed by atoms with van der Waals surface area (Å²) in [5, 5.41) is 9.79. The van der Waals surface area contributed by atoms with E-state index in [9.17, 15) is 5.11 Å². The monoisotopic (exact) mass is 277 g/mol. The van der Waals surface area contributed by atoms with Gasteiger partial charge >= 0.3 is 0 Å². The molecule has 3 N–H and O–H groups in total. The Bertz CT molecular complexity index is 447. The third kappa shape index (κ3) is 3.02. The number of rotatable bonds is 2. The number of hydrogen-bond acceptors (Lipinski definition) is 6. The highest BCUT2D eigenvalue weighted by Gasteiger charge is 2.28. The number of aliphatic hydroxyl groups excluding tert-OH is 1. The van der Waals surface area contributed by atoms with Crippen LogP contribution in [0, 0.1) is 0 Å². The molecule has 2 fully saturated rings. The average Bonchev–Trinajstić information content (AvgIpc) is 2.47. The number of nitrogens with two attached hydrogens (primary N) is 1. The maximum Gasteiger partial charge on any atom is 0.149 e. The number of aromatic nitrogens is 2. The first-order valence-corrected chi connectivity index (χ1v) is 7.47. The van der Waals surface area contributed by atoms with E-state index >= 15 is 0 Å². The zero-order valence-corrected chi connectivity index (χ0v) is 11.8. The van der Waals surface area contributed by atoms with Crippen molar-refractivity contribution in [3.05, 3.63) is 12.4 Å². The smallest absolute Gasteiger partial charge is 0.149 e. The fraction of sp³-hybridized carbons (Fsp3) is 0.714. The molecule has 0 spiro atoms. The zero-order chi connectivity index (χ0) is 13.9. The second kappa shape index (κ2) is 5.93. The Hall–Kier alpha value is -1.40. The first kappa shape index (κ1) is 13.6. The molecule has 0 aliphatic carbocycles. The first-order chi connectivity index (χ1) is 9.72. The number of hydrogen-bond donors (Lipinski definition) is 2. The van der Waals surface area contributed by atoms with Gasteiger partial charge in [0, 0.05) is 25.7 Å². The summed E-state index contributed by atoms with van der Waals surface area (Å²) >= 11 is 0. The summed E-state index contributed by atoms with van der Waals surface area (Å²) in [6, 6.07) is 0.593. The minimum Gasteiger partial charge on any atom is -0.392 e. The fourth-order valence-electron chi connectivity index (χ4n) is 3.30. The van der Waals surface area contributed by atoms with Crippen LogP contribution in [0.15, 0.2) is 12.4 Å². The molecule has 0 amide bonds. The molecule has 0 radical (unpaired) electrons. The van der Waals surface area contributed by atoms with E-state index in [2.05, 4.69) is 19.8 Å². The Kier molecular flexibility index (Phi) is 4.03.